The van der Waals surface area contributed by atoms with E-state index in [0.717, 1.165) is 11.4 Å². The van der Waals surface area contributed by atoms with Gasteiger partial charge in [0.25, 0.3) is 0 Å². The highest BCUT2D eigenvalue weighted by Gasteiger charge is 2.44. The zero-order valence-electron chi connectivity index (χ0n) is 14.5. The summed E-state index contributed by atoms with van der Waals surface area (Å²) in [5, 5.41) is -0.0245. The van der Waals surface area contributed by atoms with Crippen molar-refractivity contribution in [3.63, 3.8) is 0 Å². The van der Waals surface area contributed by atoms with Crippen LogP contribution in [0, 0.1) is 5.92 Å². The van der Waals surface area contributed by atoms with Crippen LogP contribution in [0.2, 0.25) is 0 Å². The second kappa shape index (κ2) is 6.27. The van der Waals surface area contributed by atoms with Gasteiger partial charge in [0, 0.05) is 26.2 Å². The van der Waals surface area contributed by atoms with Crippen LogP contribution in [0.15, 0.2) is 0 Å². The lowest BCUT2D eigenvalue weighted by atomic mass is 10.00. The fourth-order valence-corrected chi connectivity index (χ4v) is 7.24. The van der Waals surface area contributed by atoms with Crippen molar-refractivity contribution in [2.24, 2.45) is 5.92 Å². The lowest BCUT2D eigenvalue weighted by molar-refractivity contribution is 0.0560. The highest BCUT2D eigenvalue weighted by Crippen LogP contribution is 2.67. The molecule has 0 aliphatic carbocycles. The summed E-state index contributed by atoms with van der Waals surface area (Å²) in [4.78, 5) is 0. The lowest BCUT2D eigenvalue weighted by Gasteiger charge is -2.34. The first kappa shape index (κ1) is 11.9. The average molecular weight is 327 g/mol. The minimum atomic E-state index is -3.37. The first-order valence-corrected chi connectivity index (χ1v) is 9.99. The molecule has 0 aromatic carbocycles. The van der Waals surface area contributed by atoms with Crippen molar-refractivity contribution in [2.45, 2.75) is 56.6 Å². The number of rotatable bonds is 3. The molecule has 5 nitrogen and oxygen atoms in total. The summed E-state index contributed by atoms with van der Waals surface area (Å²) in [6, 6.07) is 0. The summed E-state index contributed by atoms with van der Waals surface area (Å²) >= 11 is 1.16. The Morgan fingerprint density at radius 1 is 1.40 bits per heavy atom. The van der Waals surface area contributed by atoms with Gasteiger partial charge in [0.2, 0.25) is 0 Å². The molecule has 0 aromatic rings. The second-order valence-electron chi connectivity index (χ2n) is 5.41. The van der Waals surface area contributed by atoms with E-state index in [9.17, 15) is 4.57 Å². The molecule has 20 heavy (non-hydrogen) atoms. The maximum Gasteiger partial charge on any atom is 0.389 e. The molecule has 7 heteroatoms. The summed E-state index contributed by atoms with van der Waals surface area (Å²) in [5.41, 5.74) is 0. The molecule has 3 rings (SSSR count). The third-order valence-electron chi connectivity index (χ3n) is 3.84. The topological polar surface area (TPSA) is 54.0 Å². The average Bonchev–Trinajstić information content (AvgIpc) is 3.00. The molecule has 8 atom stereocenters. The highest BCUT2D eigenvalue weighted by molar-refractivity contribution is 8.55. The quantitative estimate of drug-likeness (QED) is 0.742. The number of hydrogen-bond donors (Lipinski definition) is 0. The molecule has 3 fully saturated rings. The van der Waals surface area contributed by atoms with E-state index in [1.165, 1.54) is 0 Å². The van der Waals surface area contributed by atoms with Gasteiger partial charge in [-0.1, -0.05) is 6.92 Å². The molecule has 3 heterocycles. The van der Waals surface area contributed by atoms with Gasteiger partial charge in [-0.25, -0.2) is 4.57 Å². The van der Waals surface area contributed by atoms with Crippen molar-refractivity contribution in [2.75, 3.05) is 19.8 Å². The number of ether oxygens (including phenoxy) is 2. The van der Waals surface area contributed by atoms with Crippen LogP contribution in [0.5, 0.6) is 0 Å². The molecule has 0 spiro atoms. The van der Waals surface area contributed by atoms with Gasteiger partial charge in [0.05, 0.1) is 27.7 Å². The zero-order valence-corrected chi connectivity index (χ0v) is 13.2. The smallest absolute Gasteiger partial charge is 0.377 e. The maximum absolute atomic E-state index is 13.0. The van der Waals surface area contributed by atoms with Gasteiger partial charge in [0.1, 0.15) is 0 Å². The zero-order chi connectivity index (χ0) is 16.6. The van der Waals surface area contributed by atoms with Crippen LogP contribution >= 0.6 is 18.2 Å². The standard InChI is InChI=1S/C13H23O5PS/c1-9-3-6-16-13(9)12-5-8-17-19(14,20-12)18-11-4-7-15-10(11)2/h9-13H,3-8H2,1-2H3/t9-,10+,11-,12+,13-,19-/m0/s1/i2D,6T,7T/t6-,7-,9-,10+,11-,12+,13-,19-. The third-order valence-corrected chi connectivity index (χ3v) is 8.07. The fraction of sp³-hybridized carbons (Fsp3) is 1.00. The Balaban J connectivity index is 1.64. The molecule has 0 amide bonds. The molecule has 0 N–H and O–H groups in total. The monoisotopic (exact) mass is 327 g/mol. The van der Waals surface area contributed by atoms with Crippen LogP contribution in [0.25, 0.3) is 0 Å². The predicted molar refractivity (Wildman–Crippen MR) is 78.0 cm³/mol. The Bertz CT molecular complexity index is 473. The molecular weight excluding hydrogens is 299 g/mol. The van der Waals surface area contributed by atoms with Crippen LogP contribution in [-0.2, 0) is 23.1 Å². The molecule has 3 aliphatic rings. The molecule has 0 saturated carbocycles. The molecule has 0 bridgehead atoms. The first-order chi connectivity index (χ1) is 10.9. The van der Waals surface area contributed by atoms with Crippen LogP contribution in [0.3, 0.4) is 0 Å². The molecule has 0 radical (unpaired) electrons. The summed E-state index contributed by atoms with van der Waals surface area (Å²) < 4.78 is 57.9. The van der Waals surface area contributed by atoms with E-state index in [4.69, 9.17) is 22.6 Å². The van der Waals surface area contributed by atoms with Crippen LogP contribution in [0.1, 0.15) is 37.2 Å². The van der Waals surface area contributed by atoms with Gasteiger partial charge >= 0.3 is 6.80 Å². The summed E-state index contributed by atoms with van der Waals surface area (Å²) in [5.74, 6) is 0.245. The predicted octanol–water partition coefficient (Wildman–Crippen LogP) is 3.24. The van der Waals surface area contributed by atoms with Crippen LogP contribution < -0.4 is 0 Å². The van der Waals surface area contributed by atoms with E-state index in [-0.39, 0.29) is 24.2 Å². The summed E-state index contributed by atoms with van der Waals surface area (Å²) in [7, 11) is 0. The Kier molecular flexibility index (Phi) is 3.74. The Labute approximate surface area is 128 Å². The van der Waals surface area contributed by atoms with Gasteiger partial charge in [-0.2, -0.15) is 0 Å². The van der Waals surface area contributed by atoms with E-state index in [0.29, 0.717) is 25.9 Å². The Hall–Kier alpha value is 0.420. The number of hydrogen-bond acceptors (Lipinski definition) is 6. The van der Waals surface area contributed by atoms with Gasteiger partial charge in [-0.3, -0.25) is 4.52 Å². The van der Waals surface area contributed by atoms with Crippen molar-refractivity contribution in [1.82, 2.24) is 0 Å². The van der Waals surface area contributed by atoms with Crippen molar-refractivity contribution in [3.8, 4) is 0 Å². The first-order valence-electron chi connectivity index (χ1n) is 8.82. The Morgan fingerprint density at radius 2 is 2.25 bits per heavy atom. The maximum atomic E-state index is 13.0. The summed E-state index contributed by atoms with van der Waals surface area (Å²) in [6.07, 6.45) is 0.507. The molecular formula is C13H23O5PS. The molecule has 3 saturated heterocycles. The van der Waals surface area contributed by atoms with Gasteiger partial charge < -0.3 is 14.0 Å². The molecule has 116 valence electrons. The highest BCUT2D eigenvalue weighted by atomic mass is 32.7. The minimum absolute atomic E-state index is 0.0245. The van der Waals surface area contributed by atoms with E-state index in [2.05, 4.69) is 0 Å². The van der Waals surface area contributed by atoms with E-state index in [1.807, 2.05) is 6.92 Å². The largest absolute Gasteiger partial charge is 0.389 e. The van der Waals surface area contributed by atoms with E-state index < -0.39 is 32.2 Å². The van der Waals surface area contributed by atoms with Crippen LogP contribution in [0.4, 0.5) is 0 Å². The molecule has 3 aliphatic heterocycles. The van der Waals surface area contributed by atoms with E-state index in [1.54, 1.807) is 0 Å². The SMILES string of the molecule is [2H]C[C@H]1O[C@@H]([3H])C[C@@H]1O[P@]1(=O)OCC[C@H]([C@H]2O[C@@H]([3H])C[C@@H]2C)S1. The van der Waals surface area contributed by atoms with Crippen molar-refractivity contribution >= 4 is 18.2 Å². The van der Waals surface area contributed by atoms with E-state index >= 15 is 0 Å². The molecule has 0 unspecified atom stereocenters. The van der Waals surface area contributed by atoms with Crippen molar-refractivity contribution in [3.05, 3.63) is 0 Å². The van der Waals surface area contributed by atoms with Gasteiger partial charge in [-0.05, 0) is 37.0 Å². The normalized spacial score (nSPS) is 59.0. The minimum Gasteiger partial charge on any atom is -0.377 e. The Morgan fingerprint density at radius 3 is 3.00 bits per heavy atom. The second-order valence-corrected chi connectivity index (χ2v) is 9.57. The van der Waals surface area contributed by atoms with Gasteiger partial charge in [0.15, 0.2) is 0 Å². The van der Waals surface area contributed by atoms with Crippen molar-refractivity contribution < 1.29 is 27.2 Å². The summed E-state index contributed by atoms with van der Waals surface area (Å²) in [6.45, 7) is -2.28. The third kappa shape index (κ3) is 3.26. The van der Waals surface area contributed by atoms with Crippen molar-refractivity contribution in [1.29, 1.82) is 0 Å². The van der Waals surface area contributed by atoms with Crippen LogP contribution in [-0.4, -0.2) is 43.3 Å². The van der Waals surface area contributed by atoms with Gasteiger partial charge in [-0.15, -0.1) is 0 Å². The fourth-order valence-electron chi connectivity index (χ4n) is 2.64. The lowest BCUT2D eigenvalue weighted by Crippen LogP contribution is -2.31. The molecule has 0 aromatic heterocycles.